The second kappa shape index (κ2) is 5.99. The monoisotopic (exact) mass is 414 g/mol. The minimum atomic E-state index is -3.12. The first-order valence-electron chi connectivity index (χ1n) is 8.32. The number of halogens is 1. The van der Waals surface area contributed by atoms with Crippen molar-refractivity contribution < 1.29 is 17.7 Å². The maximum absolute atomic E-state index is 7.70. The molecule has 2 aliphatic carbocycles. The zero-order valence-electron chi connectivity index (χ0n) is 13.5. The standard InChI is InChI=1S/2C9H7.C2H6Si.ClH.Zr.H/c2*1-2-5-9-7-3-6-8(9)4-1;1-3-2;;;/h2*1-7H;1-2H3;1H;;/q;;;;+1;/p-1. The van der Waals surface area contributed by atoms with E-state index in [0.717, 1.165) is 0 Å². The first kappa shape index (κ1) is 15.8. The fourth-order valence-electron chi connectivity index (χ4n) is 4.34. The van der Waals surface area contributed by atoms with E-state index in [4.69, 9.17) is 8.51 Å². The topological polar surface area (TPSA) is 0 Å². The Labute approximate surface area is 146 Å². The summed E-state index contributed by atoms with van der Waals surface area (Å²) in [7, 11) is 7.70. The Morgan fingerprint density at radius 3 is 1.65 bits per heavy atom. The molecule has 0 heterocycles. The van der Waals surface area contributed by atoms with Gasteiger partial charge in [-0.1, -0.05) is 0 Å². The molecule has 4 rings (SSSR count). The van der Waals surface area contributed by atoms with Crippen molar-refractivity contribution in [2.24, 2.45) is 0 Å². The molecule has 2 aromatic rings. The van der Waals surface area contributed by atoms with Gasteiger partial charge in [0.05, 0.1) is 0 Å². The van der Waals surface area contributed by atoms with Crippen LogP contribution >= 0.6 is 8.51 Å². The predicted octanol–water partition coefficient (Wildman–Crippen LogP) is 5.81. The molecular weight excluding hydrogens is 395 g/mol. The molecule has 2 unspecified atom stereocenters. The van der Waals surface area contributed by atoms with Crippen LogP contribution in [0.25, 0.3) is 12.2 Å². The Kier molecular flexibility index (Phi) is 4.12. The normalized spacial score (nSPS) is 21.3. The quantitative estimate of drug-likeness (QED) is 0.542. The average Bonchev–Trinajstić information content (AvgIpc) is 3.18. The maximum atomic E-state index is 7.70. The van der Waals surface area contributed by atoms with E-state index in [9.17, 15) is 0 Å². The number of benzene rings is 2. The number of allylic oxidation sites excluding steroid dienone is 2. The van der Waals surface area contributed by atoms with E-state index in [1.54, 1.807) is 0 Å². The predicted molar refractivity (Wildman–Crippen MR) is 101 cm³/mol. The molecule has 0 amide bonds. The molecule has 0 aromatic heterocycles. The van der Waals surface area contributed by atoms with Gasteiger partial charge in [-0.3, -0.25) is 0 Å². The third kappa shape index (κ3) is 2.42. The molecule has 2 atom stereocenters. The molecule has 0 aliphatic heterocycles. The second-order valence-corrected chi connectivity index (χ2v) is 37.6. The van der Waals surface area contributed by atoms with E-state index in [2.05, 4.69) is 85.9 Å². The van der Waals surface area contributed by atoms with Crippen LogP contribution in [0.4, 0.5) is 0 Å². The van der Waals surface area contributed by atoms with Gasteiger partial charge >= 0.3 is 147 Å². The number of fused-ring (bicyclic) bond motifs is 2. The van der Waals surface area contributed by atoms with Crippen molar-refractivity contribution in [3.8, 4) is 0 Å². The average molecular weight is 416 g/mol. The molecule has 0 bridgehead atoms. The molecule has 0 N–H and O–H groups in total. The molecule has 23 heavy (non-hydrogen) atoms. The Bertz CT molecular complexity index is 825. The van der Waals surface area contributed by atoms with Gasteiger partial charge < -0.3 is 0 Å². The summed E-state index contributed by atoms with van der Waals surface area (Å²) < 4.78 is 1.00. The molecule has 2 aliphatic rings. The van der Waals surface area contributed by atoms with Gasteiger partial charge in [-0.2, -0.15) is 0 Å². The van der Waals surface area contributed by atoms with E-state index in [0.29, 0.717) is 7.25 Å². The van der Waals surface area contributed by atoms with Gasteiger partial charge in [0.25, 0.3) is 0 Å². The first-order valence-corrected chi connectivity index (χ1v) is 22.1. The van der Waals surface area contributed by atoms with Crippen LogP contribution in [0, 0.1) is 0 Å². The van der Waals surface area contributed by atoms with Crippen molar-refractivity contribution in [2.75, 3.05) is 0 Å². The van der Waals surface area contributed by atoms with E-state index in [1.165, 1.54) is 22.3 Å². The molecule has 0 radical (unpaired) electrons. The Balaban J connectivity index is 1.90. The van der Waals surface area contributed by atoms with Crippen LogP contribution in [0.2, 0.25) is 13.1 Å². The summed E-state index contributed by atoms with van der Waals surface area (Å²) in [6.45, 7) is 4.89. The molecule has 0 spiro atoms. The molecule has 0 saturated carbocycles. The van der Waals surface area contributed by atoms with Crippen molar-refractivity contribution in [2.45, 2.75) is 20.3 Å². The molecular formula is C20H21ClSiZr. The Morgan fingerprint density at radius 2 is 1.22 bits per heavy atom. The van der Waals surface area contributed by atoms with Crippen LogP contribution in [0.1, 0.15) is 29.5 Å². The minimum absolute atomic E-state index is 0.502. The van der Waals surface area contributed by atoms with E-state index in [1.807, 2.05) is 0 Å². The second-order valence-electron chi connectivity index (χ2n) is 6.99. The molecule has 0 fully saturated rings. The summed E-state index contributed by atoms with van der Waals surface area (Å²) in [5.74, 6) is 0. The van der Waals surface area contributed by atoms with Crippen molar-refractivity contribution in [1.29, 1.82) is 0 Å². The summed E-state index contributed by atoms with van der Waals surface area (Å²) in [6, 6.07) is 17.6. The SMILES string of the molecule is C[Si](C)=[ZrH]([Cl])([CH]1C=Cc2ccccc21)[CH]1C=Cc2ccccc21. The van der Waals surface area contributed by atoms with Gasteiger partial charge in [0, 0.05) is 0 Å². The summed E-state index contributed by atoms with van der Waals surface area (Å²) in [4.78, 5) is 0. The molecule has 2 aromatic carbocycles. The van der Waals surface area contributed by atoms with Gasteiger partial charge in [0.15, 0.2) is 0 Å². The third-order valence-corrected chi connectivity index (χ3v) is 43.6. The Hall–Kier alpha value is -0.690. The summed E-state index contributed by atoms with van der Waals surface area (Å²) in [5.41, 5.74) is 5.17. The van der Waals surface area contributed by atoms with Crippen LogP contribution < -0.4 is 0 Å². The van der Waals surface area contributed by atoms with Crippen LogP contribution in [0.3, 0.4) is 0 Å². The van der Waals surface area contributed by atoms with Gasteiger partial charge in [-0.25, -0.2) is 0 Å². The number of rotatable bonds is 2. The van der Waals surface area contributed by atoms with Crippen LogP contribution in [0.5, 0.6) is 0 Å². The Morgan fingerprint density at radius 1 is 0.783 bits per heavy atom. The molecule has 0 saturated heterocycles. The van der Waals surface area contributed by atoms with Crippen molar-refractivity contribution in [3.63, 3.8) is 0 Å². The van der Waals surface area contributed by atoms with Crippen LogP contribution in [-0.2, 0) is 17.7 Å². The van der Waals surface area contributed by atoms with Crippen molar-refractivity contribution >= 4 is 26.1 Å². The van der Waals surface area contributed by atoms with E-state index >= 15 is 0 Å². The van der Waals surface area contributed by atoms with Gasteiger partial charge in [0.1, 0.15) is 0 Å². The zero-order valence-corrected chi connectivity index (χ0v) is 18.1. The molecule has 116 valence electrons. The van der Waals surface area contributed by atoms with E-state index < -0.39 is 23.1 Å². The molecule has 0 nitrogen and oxygen atoms in total. The van der Waals surface area contributed by atoms with Crippen molar-refractivity contribution in [1.82, 2.24) is 0 Å². The number of hydrogen-bond acceptors (Lipinski definition) is 0. The zero-order chi connectivity index (χ0) is 16.0. The van der Waals surface area contributed by atoms with Crippen LogP contribution in [-0.4, -0.2) is 5.43 Å². The van der Waals surface area contributed by atoms with Crippen LogP contribution in [0.15, 0.2) is 60.7 Å². The summed E-state index contributed by atoms with van der Waals surface area (Å²) >= 11 is -3.12. The van der Waals surface area contributed by atoms with Gasteiger partial charge in [-0.05, 0) is 0 Å². The third-order valence-electron chi connectivity index (χ3n) is 5.61. The fraction of sp³-hybridized carbons (Fsp3) is 0.200. The summed E-state index contributed by atoms with van der Waals surface area (Å²) in [5, 5.41) is 0. The van der Waals surface area contributed by atoms with Crippen molar-refractivity contribution in [3.05, 3.63) is 82.9 Å². The van der Waals surface area contributed by atoms with E-state index in [-0.39, 0.29) is 0 Å². The summed E-state index contributed by atoms with van der Waals surface area (Å²) in [6.07, 6.45) is 9.44. The van der Waals surface area contributed by atoms with Gasteiger partial charge in [-0.15, -0.1) is 0 Å². The molecule has 3 heteroatoms. The number of hydrogen-bond donors (Lipinski definition) is 0. The van der Waals surface area contributed by atoms with Gasteiger partial charge in [0.2, 0.25) is 0 Å². The fourth-order valence-corrected chi connectivity index (χ4v) is 29.7. The first-order chi connectivity index (χ1) is 11.1.